The van der Waals surface area contributed by atoms with Crippen molar-refractivity contribution in [1.29, 1.82) is 0 Å². The molecule has 1 aliphatic carbocycles. The molecule has 0 heterocycles. The SMILES string of the molecule is CCCCN(CCC)C1CCC(C)CC1. The van der Waals surface area contributed by atoms with E-state index >= 15 is 0 Å². The highest BCUT2D eigenvalue weighted by molar-refractivity contribution is 4.78. The predicted octanol–water partition coefficient (Wildman–Crippen LogP) is 4.08. The summed E-state index contributed by atoms with van der Waals surface area (Å²) in [6.45, 7) is 9.67. The van der Waals surface area contributed by atoms with Crippen LogP contribution in [-0.2, 0) is 0 Å². The second-order valence-electron chi connectivity index (χ2n) is 5.30. The van der Waals surface area contributed by atoms with Gasteiger partial charge in [-0.2, -0.15) is 0 Å². The maximum absolute atomic E-state index is 2.76. The summed E-state index contributed by atoms with van der Waals surface area (Å²) in [6, 6.07) is 0.910. The second kappa shape index (κ2) is 7.27. The Balaban J connectivity index is 2.33. The van der Waals surface area contributed by atoms with Crippen LogP contribution >= 0.6 is 0 Å². The van der Waals surface area contributed by atoms with Crippen LogP contribution < -0.4 is 0 Å². The molecule has 0 aliphatic heterocycles. The van der Waals surface area contributed by atoms with Gasteiger partial charge in [-0.3, -0.25) is 0 Å². The van der Waals surface area contributed by atoms with Crippen molar-refractivity contribution in [3.05, 3.63) is 0 Å². The summed E-state index contributed by atoms with van der Waals surface area (Å²) in [5.74, 6) is 0.982. The van der Waals surface area contributed by atoms with E-state index in [0.29, 0.717) is 0 Å². The summed E-state index contributed by atoms with van der Waals surface area (Å²) in [4.78, 5) is 2.76. The molecule has 1 saturated carbocycles. The van der Waals surface area contributed by atoms with E-state index in [0.717, 1.165) is 12.0 Å². The molecule has 0 spiro atoms. The van der Waals surface area contributed by atoms with E-state index in [1.165, 1.54) is 58.0 Å². The summed E-state index contributed by atoms with van der Waals surface area (Å²) in [7, 11) is 0. The van der Waals surface area contributed by atoms with E-state index in [1.54, 1.807) is 0 Å². The fraction of sp³-hybridized carbons (Fsp3) is 1.00. The molecule has 0 aromatic rings. The van der Waals surface area contributed by atoms with E-state index in [2.05, 4.69) is 25.7 Å². The van der Waals surface area contributed by atoms with E-state index in [9.17, 15) is 0 Å². The summed E-state index contributed by atoms with van der Waals surface area (Å²) < 4.78 is 0. The molecule has 1 rings (SSSR count). The number of hydrogen-bond donors (Lipinski definition) is 0. The molecule has 1 aliphatic rings. The van der Waals surface area contributed by atoms with Crippen molar-refractivity contribution < 1.29 is 0 Å². The zero-order chi connectivity index (χ0) is 11.1. The molecule has 0 atom stereocenters. The highest BCUT2D eigenvalue weighted by Crippen LogP contribution is 2.27. The summed E-state index contributed by atoms with van der Waals surface area (Å²) in [5.41, 5.74) is 0. The average Bonchev–Trinajstić information content (AvgIpc) is 2.25. The third-order valence-electron chi connectivity index (χ3n) is 3.81. The van der Waals surface area contributed by atoms with Gasteiger partial charge in [-0.25, -0.2) is 0 Å². The Morgan fingerprint density at radius 2 is 1.60 bits per heavy atom. The van der Waals surface area contributed by atoms with Gasteiger partial charge in [0.25, 0.3) is 0 Å². The average molecular weight is 211 g/mol. The predicted molar refractivity (Wildman–Crippen MR) is 68.2 cm³/mol. The molecular weight excluding hydrogens is 182 g/mol. The first-order valence-corrected chi connectivity index (χ1v) is 7.02. The Labute approximate surface area is 96.2 Å². The lowest BCUT2D eigenvalue weighted by Crippen LogP contribution is -2.39. The number of rotatable bonds is 6. The van der Waals surface area contributed by atoms with Gasteiger partial charge in [0.1, 0.15) is 0 Å². The standard InChI is InChI=1S/C14H29N/c1-4-6-12-15(11-5-2)14-9-7-13(3)8-10-14/h13-14H,4-12H2,1-3H3. The first-order valence-electron chi connectivity index (χ1n) is 7.02. The van der Waals surface area contributed by atoms with Crippen molar-refractivity contribution in [1.82, 2.24) is 4.90 Å². The minimum atomic E-state index is 0.910. The topological polar surface area (TPSA) is 3.24 Å². The van der Waals surface area contributed by atoms with Crippen LogP contribution in [0.1, 0.15) is 65.7 Å². The Bertz CT molecular complexity index is 147. The Morgan fingerprint density at radius 3 is 2.13 bits per heavy atom. The fourth-order valence-corrected chi connectivity index (χ4v) is 2.73. The van der Waals surface area contributed by atoms with Gasteiger partial charge in [-0.05, 0) is 57.5 Å². The van der Waals surface area contributed by atoms with Crippen LogP contribution in [0.3, 0.4) is 0 Å². The zero-order valence-electron chi connectivity index (χ0n) is 11.0. The monoisotopic (exact) mass is 211 g/mol. The lowest BCUT2D eigenvalue weighted by Gasteiger charge is -2.36. The second-order valence-corrected chi connectivity index (χ2v) is 5.30. The number of unbranched alkanes of at least 4 members (excludes halogenated alkanes) is 1. The van der Waals surface area contributed by atoms with Gasteiger partial charge < -0.3 is 4.90 Å². The lowest BCUT2D eigenvalue weighted by atomic mass is 9.86. The largest absolute Gasteiger partial charge is 0.300 e. The number of hydrogen-bond acceptors (Lipinski definition) is 1. The molecule has 1 nitrogen and oxygen atoms in total. The third kappa shape index (κ3) is 4.55. The fourth-order valence-electron chi connectivity index (χ4n) is 2.73. The van der Waals surface area contributed by atoms with Crippen molar-refractivity contribution in [2.45, 2.75) is 71.8 Å². The van der Waals surface area contributed by atoms with Crippen molar-refractivity contribution in [2.75, 3.05) is 13.1 Å². The Kier molecular flexibility index (Phi) is 6.31. The molecule has 0 aromatic heterocycles. The van der Waals surface area contributed by atoms with E-state index in [4.69, 9.17) is 0 Å². The van der Waals surface area contributed by atoms with Crippen molar-refractivity contribution in [2.24, 2.45) is 5.92 Å². The minimum Gasteiger partial charge on any atom is -0.300 e. The van der Waals surface area contributed by atoms with Gasteiger partial charge in [0.05, 0.1) is 0 Å². The van der Waals surface area contributed by atoms with Gasteiger partial charge in [0, 0.05) is 6.04 Å². The zero-order valence-corrected chi connectivity index (χ0v) is 11.0. The maximum Gasteiger partial charge on any atom is 0.00954 e. The molecule has 15 heavy (non-hydrogen) atoms. The van der Waals surface area contributed by atoms with Crippen LogP contribution in [0.25, 0.3) is 0 Å². The molecule has 0 aromatic carbocycles. The van der Waals surface area contributed by atoms with Crippen molar-refractivity contribution in [3.8, 4) is 0 Å². The first kappa shape index (κ1) is 13.0. The van der Waals surface area contributed by atoms with Gasteiger partial charge >= 0.3 is 0 Å². The summed E-state index contributed by atoms with van der Waals surface area (Å²) in [6.07, 6.45) is 9.84. The smallest absolute Gasteiger partial charge is 0.00954 e. The molecule has 0 radical (unpaired) electrons. The minimum absolute atomic E-state index is 0.910. The normalized spacial score (nSPS) is 27.2. The highest BCUT2D eigenvalue weighted by atomic mass is 15.1. The highest BCUT2D eigenvalue weighted by Gasteiger charge is 2.22. The lowest BCUT2D eigenvalue weighted by molar-refractivity contribution is 0.138. The van der Waals surface area contributed by atoms with Crippen molar-refractivity contribution >= 4 is 0 Å². The van der Waals surface area contributed by atoms with Crippen LogP contribution in [0.5, 0.6) is 0 Å². The quantitative estimate of drug-likeness (QED) is 0.640. The molecule has 0 N–H and O–H groups in total. The summed E-state index contributed by atoms with van der Waals surface area (Å²) in [5, 5.41) is 0. The van der Waals surface area contributed by atoms with Gasteiger partial charge in [-0.15, -0.1) is 0 Å². The molecule has 1 heteroatoms. The van der Waals surface area contributed by atoms with Crippen molar-refractivity contribution in [3.63, 3.8) is 0 Å². The Morgan fingerprint density at radius 1 is 0.933 bits per heavy atom. The number of nitrogens with zero attached hydrogens (tertiary/aromatic N) is 1. The molecule has 0 unspecified atom stereocenters. The molecule has 90 valence electrons. The summed E-state index contributed by atoms with van der Waals surface area (Å²) >= 11 is 0. The maximum atomic E-state index is 2.76. The van der Waals surface area contributed by atoms with E-state index < -0.39 is 0 Å². The van der Waals surface area contributed by atoms with Crippen LogP contribution in [-0.4, -0.2) is 24.0 Å². The van der Waals surface area contributed by atoms with Crippen LogP contribution in [0.15, 0.2) is 0 Å². The van der Waals surface area contributed by atoms with E-state index in [1.807, 2.05) is 0 Å². The van der Waals surface area contributed by atoms with Gasteiger partial charge in [0.2, 0.25) is 0 Å². The van der Waals surface area contributed by atoms with Gasteiger partial charge in [-0.1, -0.05) is 27.2 Å². The molecule has 0 saturated heterocycles. The van der Waals surface area contributed by atoms with Crippen LogP contribution in [0.2, 0.25) is 0 Å². The van der Waals surface area contributed by atoms with Crippen LogP contribution in [0.4, 0.5) is 0 Å². The van der Waals surface area contributed by atoms with Gasteiger partial charge in [0.15, 0.2) is 0 Å². The van der Waals surface area contributed by atoms with E-state index in [-0.39, 0.29) is 0 Å². The van der Waals surface area contributed by atoms with Crippen LogP contribution in [0, 0.1) is 5.92 Å². The molecule has 1 fully saturated rings. The molecule has 0 bridgehead atoms. The molecular formula is C14H29N. The third-order valence-corrected chi connectivity index (χ3v) is 3.81. The first-order chi connectivity index (χ1) is 7.27. The Hall–Kier alpha value is -0.0400. The molecule has 0 amide bonds.